The smallest absolute Gasteiger partial charge is 0.261 e. The molecule has 3 heteroatoms. The zero-order valence-electron chi connectivity index (χ0n) is 14.3. The first kappa shape index (κ1) is 17.1. The summed E-state index contributed by atoms with van der Waals surface area (Å²) >= 11 is 0. The lowest BCUT2D eigenvalue weighted by Crippen LogP contribution is -2.37. The fraction of sp³-hybridized carbons (Fsp3) is 0.350. The van der Waals surface area contributed by atoms with E-state index in [4.69, 9.17) is 4.74 Å². The van der Waals surface area contributed by atoms with E-state index in [1.807, 2.05) is 70.2 Å². The molecule has 0 saturated heterocycles. The monoisotopic (exact) mass is 311 g/mol. The molecule has 3 nitrogen and oxygen atoms in total. The van der Waals surface area contributed by atoms with Crippen LogP contribution in [0.1, 0.15) is 35.6 Å². The van der Waals surface area contributed by atoms with Gasteiger partial charge in [0.2, 0.25) is 0 Å². The molecule has 0 unspecified atom stereocenters. The second-order valence-electron chi connectivity index (χ2n) is 5.86. The van der Waals surface area contributed by atoms with Gasteiger partial charge in [0.25, 0.3) is 5.91 Å². The molecule has 0 aliphatic heterocycles. The average molecular weight is 311 g/mol. The van der Waals surface area contributed by atoms with Crippen molar-refractivity contribution >= 4 is 5.91 Å². The Bertz CT molecular complexity index is 679. The average Bonchev–Trinajstić information content (AvgIpc) is 2.55. The first-order valence-corrected chi connectivity index (χ1v) is 8.08. The number of hydrogen-bond acceptors (Lipinski definition) is 2. The molecule has 0 aliphatic rings. The van der Waals surface area contributed by atoms with Crippen molar-refractivity contribution in [3.63, 3.8) is 0 Å². The highest BCUT2D eigenvalue weighted by Crippen LogP contribution is 2.22. The van der Waals surface area contributed by atoms with E-state index in [0.717, 1.165) is 22.4 Å². The Morgan fingerprint density at radius 2 is 1.74 bits per heavy atom. The molecule has 0 fully saturated rings. The van der Waals surface area contributed by atoms with Crippen LogP contribution in [0.5, 0.6) is 5.75 Å². The van der Waals surface area contributed by atoms with Crippen LogP contribution in [0.4, 0.5) is 0 Å². The molecule has 0 aromatic heterocycles. The highest BCUT2D eigenvalue weighted by Gasteiger charge is 2.19. The van der Waals surface area contributed by atoms with Gasteiger partial charge in [0.1, 0.15) is 5.75 Å². The molecule has 0 saturated carbocycles. The second-order valence-corrected chi connectivity index (χ2v) is 5.86. The minimum Gasteiger partial charge on any atom is -0.480 e. The fourth-order valence-electron chi connectivity index (χ4n) is 2.43. The molecule has 1 N–H and O–H groups in total. The predicted octanol–water partition coefficient (Wildman–Crippen LogP) is 4.09. The van der Waals surface area contributed by atoms with E-state index < -0.39 is 6.10 Å². The number of amides is 1. The molecule has 0 radical (unpaired) electrons. The van der Waals surface area contributed by atoms with Crippen molar-refractivity contribution in [2.75, 3.05) is 0 Å². The lowest BCUT2D eigenvalue weighted by atomic mass is 10.1. The van der Waals surface area contributed by atoms with Crippen LogP contribution in [0.3, 0.4) is 0 Å². The standard InChI is InChI=1S/C20H25NO2/c1-5-18(23-19-12-8-10-14(2)16(19)4)20(22)21-13-17-11-7-6-9-15(17)3/h6-12,18H,5,13H2,1-4H3,(H,21,22)/t18-/m0/s1. The number of rotatable bonds is 6. The minimum absolute atomic E-state index is 0.0725. The van der Waals surface area contributed by atoms with Gasteiger partial charge in [-0.25, -0.2) is 0 Å². The summed E-state index contributed by atoms with van der Waals surface area (Å²) in [6.07, 6.45) is 0.159. The number of aryl methyl sites for hydroxylation is 2. The largest absolute Gasteiger partial charge is 0.480 e. The van der Waals surface area contributed by atoms with E-state index in [1.54, 1.807) is 0 Å². The van der Waals surface area contributed by atoms with E-state index in [9.17, 15) is 4.79 Å². The second kappa shape index (κ2) is 7.82. The van der Waals surface area contributed by atoms with Crippen molar-refractivity contribution in [2.45, 2.75) is 46.8 Å². The van der Waals surface area contributed by atoms with Crippen molar-refractivity contribution < 1.29 is 9.53 Å². The van der Waals surface area contributed by atoms with E-state index in [0.29, 0.717) is 13.0 Å². The van der Waals surface area contributed by atoms with Crippen molar-refractivity contribution in [3.05, 3.63) is 64.7 Å². The lowest BCUT2D eigenvalue weighted by molar-refractivity contribution is -0.128. The number of ether oxygens (including phenoxy) is 1. The zero-order chi connectivity index (χ0) is 16.8. The maximum Gasteiger partial charge on any atom is 0.261 e. The van der Waals surface area contributed by atoms with Gasteiger partial charge in [-0.1, -0.05) is 43.3 Å². The molecular formula is C20H25NO2. The van der Waals surface area contributed by atoms with Crippen LogP contribution < -0.4 is 10.1 Å². The summed E-state index contributed by atoms with van der Waals surface area (Å²) in [5, 5.41) is 2.98. The number of carbonyl (C=O) groups excluding carboxylic acids is 1. The maximum atomic E-state index is 12.4. The van der Waals surface area contributed by atoms with Crippen LogP contribution >= 0.6 is 0 Å². The van der Waals surface area contributed by atoms with Gasteiger partial charge in [0.05, 0.1) is 0 Å². The molecule has 23 heavy (non-hydrogen) atoms. The molecule has 0 spiro atoms. The number of nitrogens with one attached hydrogen (secondary N) is 1. The Morgan fingerprint density at radius 1 is 1.04 bits per heavy atom. The lowest BCUT2D eigenvalue weighted by Gasteiger charge is -2.19. The summed E-state index contributed by atoms with van der Waals surface area (Å²) in [4.78, 5) is 12.4. The summed E-state index contributed by atoms with van der Waals surface area (Å²) in [6, 6.07) is 14.0. The van der Waals surface area contributed by atoms with Gasteiger partial charge in [0, 0.05) is 6.54 Å². The van der Waals surface area contributed by atoms with E-state index in [2.05, 4.69) is 5.32 Å². The molecule has 2 aromatic rings. The molecular weight excluding hydrogens is 286 g/mol. The zero-order valence-corrected chi connectivity index (χ0v) is 14.3. The topological polar surface area (TPSA) is 38.3 Å². The highest BCUT2D eigenvalue weighted by atomic mass is 16.5. The third-order valence-corrected chi connectivity index (χ3v) is 4.20. The first-order chi connectivity index (χ1) is 11.0. The van der Waals surface area contributed by atoms with Gasteiger partial charge in [0.15, 0.2) is 6.10 Å². The van der Waals surface area contributed by atoms with Gasteiger partial charge in [-0.15, -0.1) is 0 Å². The van der Waals surface area contributed by atoms with Crippen molar-refractivity contribution in [3.8, 4) is 5.75 Å². The Labute approximate surface area is 138 Å². The van der Waals surface area contributed by atoms with Crippen molar-refractivity contribution in [1.29, 1.82) is 0 Å². The van der Waals surface area contributed by atoms with Crippen LogP contribution in [0.25, 0.3) is 0 Å². The quantitative estimate of drug-likeness (QED) is 0.872. The van der Waals surface area contributed by atoms with Gasteiger partial charge >= 0.3 is 0 Å². The van der Waals surface area contributed by atoms with Crippen molar-refractivity contribution in [1.82, 2.24) is 5.32 Å². The highest BCUT2D eigenvalue weighted by molar-refractivity contribution is 5.81. The molecule has 0 bridgehead atoms. The number of benzene rings is 2. The summed E-state index contributed by atoms with van der Waals surface area (Å²) in [5.74, 6) is 0.708. The Hall–Kier alpha value is -2.29. The molecule has 2 rings (SSSR count). The van der Waals surface area contributed by atoms with E-state index >= 15 is 0 Å². The van der Waals surface area contributed by atoms with Gasteiger partial charge in [-0.3, -0.25) is 4.79 Å². The SMILES string of the molecule is CC[C@H](Oc1cccc(C)c1C)C(=O)NCc1ccccc1C. The molecule has 122 valence electrons. The summed E-state index contributed by atoms with van der Waals surface area (Å²) in [6.45, 7) is 8.59. The maximum absolute atomic E-state index is 12.4. The van der Waals surface area contributed by atoms with E-state index in [1.165, 1.54) is 5.56 Å². The van der Waals surface area contributed by atoms with Crippen LogP contribution in [-0.4, -0.2) is 12.0 Å². The number of carbonyl (C=O) groups is 1. The van der Waals surface area contributed by atoms with Crippen LogP contribution in [0.15, 0.2) is 42.5 Å². The fourth-order valence-corrected chi connectivity index (χ4v) is 2.43. The number of hydrogen-bond donors (Lipinski definition) is 1. The van der Waals surface area contributed by atoms with Gasteiger partial charge < -0.3 is 10.1 Å². The van der Waals surface area contributed by atoms with Gasteiger partial charge in [-0.2, -0.15) is 0 Å². The van der Waals surface area contributed by atoms with E-state index in [-0.39, 0.29) is 5.91 Å². The molecule has 1 amide bonds. The predicted molar refractivity (Wildman–Crippen MR) is 93.6 cm³/mol. The summed E-state index contributed by atoms with van der Waals surface area (Å²) < 4.78 is 5.94. The molecule has 0 aliphatic carbocycles. The van der Waals surface area contributed by atoms with Crippen molar-refractivity contribution in [2.24, 2.45) is 0 Å². The van der Waals surface area contributed by atoms with Gasteiger partial charge in [-0.05, 0) is 55.5 Å². The third-order valence-electron chi connectivity index (χ3n) is 4.20. The normalized spacial score (nSPS) is 11.8. The first-order valence-electron chi connectivity index (χ1n) is 8.08. The van der Waals surface area contributed by atoms with Crippen LogP contribution in [0.2, 0.25) is 0 Å². The van der Waals surface area contributed by atoms with Crippen LogP contribution in [0, 0.1) is 20.8 Å². The Morgan fingerprint density at radius 3 is 2.43 bits per heavy atom. The molecule has 2 aromatic carbocycles. The summed E-state index contributed by atoms with van der Waals surface area (Å²) in [5.41, 5.74) is 4.55. The third kappa shape index (κ3) is 4.35. The minimum atomic E-state index is -0.473. The summed E-state index contributed by atoms with van der Waals surface area (Å²) in [7, 11) is 0. The van der Waals surface area contributed by atoms with Crippen LogP contribution in [-0.2, 0) is 11.3 Å². The Balaban J connectivity index is 2.01. The Kier molecular flexibility index (Phi) is 5.80. The molecule has 0 heterocycles. The molecule has 1 atom stereocenters.